The number of nitrogens with zero attached hydrogens (tertiary/aromatic N) is 1. The lowest BCUT2D eigenvalue weighted by Gasteiger charge is -2.17. The summed E-state index contributed by atoms with van der Waals surface area (Å²) in [5, 5.41) is 33.1. The Hall–Kier alpha value is -0.610. The van der Waals surface area contributed by atoms with Crippen LogP contribution in [0.4, 0.5) is 0 Å². The fraction of sp³-hybridized carbons (Fsp3) is 0.963. The molecule has 0 aliphatic carbocycles. The molecule has 0 aromatic rings. The second-order valence-corrected chi connectivity index (χ2v) is 9.50. The summed E-state index contributed by atoms with van der Waals surface area (Å²) in [6.07, 6.45) is 24.6. The van der Waals surface area contributed by atoms with Crippen LogP contribution in [0, 0.1) is 0 Å². The van der Waals surface area contributed by atoms with Crippen LogP contribution in [0.15, 0.2) is 5.16 Å². The topological polar surface area (TPSA) is 73.1 Å². The normalized spacial score (nSPS) is 13.3. The first-order valence-electron chi connectivity index (χ1n) is 13.7. The average molecular weight is 442 g/mol. The highest BCUT2D eigenvalue weighted by Gasteiger charge is 2.21. The molecule has 0 bridgehead atoms. The molecule has 0 radical (unpaired) electrons. The molecule has 0 saturated heterocycles. The van der Waals surface area contributed by atoms with E-state index >= 15 is 0 Å². The highest BCUT2D eigenvalue weighted by Crippen LogP contribution is 2.16. The summed E-state index contributed by atoms with van der Waals surface area (Å²) in [4.78, 5) is 0. The smallest absolute Gasteiger partial charge is 0.114 e. The van der Waals surface area contributed by atoms with Crippen LogP contribution in [0.3, 0.4) is 0 Å². The Labute approximate surface area is 193 Å². The zero-order valence-corrected chi connectivity index (χ0v) is 21.0. The number of aliphatic hydroxyl groups is 2. The van der Waals surface area contributed by atoms with Crippen LogP contribution in [0.25, 0.3) is 0 Å². The van der Waals surface area contributed by atoms with Crippen LogP contribution in [0.1, 0.15) is 155 Å². The SMILES string of the molecule is CCCCCCCCCCCCC(O)C(=NO)C(O)CCCCCCCCCCCC. The minimum atomic E-state index is -0.822. The number of aliphatic hydroxyl groups excluding tert-OH is 2. The van der Waals surface area contributed by atoms with Gasteiger partial charge in [-0.1, -0.05) is 147 Å². The van der Waals surface area contributed by atoms with Crippen molar-refractivity contribution in [2.45, 2.75) is 167 Å². The Balaban J connectivity index is 3.66. The zero-order chi connectivity index (χ0) is 23.0. The molecule has 0 spiro atoms. The third-order valence-electron chi connectivity index (χ3n) is 6.46. The fourth-order valence-electron chi connectivity index (χ4n) is 4.30. The molecule has 4 nitrogen and oxygen atoms in total. The van der Waals surface area contributed by atoms with Crippen LogP contribution < -0.4 is 0 Å². The van der Waals surface area contributed by atoms with E-state index in [0.717, 1.165) is 25.7 Å². The summed E-state index contributed by atoms with van der Waals surface area (Å²) in [7, 11) is 0. The Bertz CT molecular complexity index is 355. The van der Waals surface area contributed by atoms with Crippen molar-refractivity contribution in [3.63, 3.8) is 0 Å². The van der Waals surface area contributed by atoms with Crippen molar-refractivity contribution in [3.05, 3.63) is 0 Å². The van der Waals surface area contributed by atoms with Gasteiger partial charge in [0.25, 0.3) is 0 Å². The van der Waals surface area contributed by atoms with Crippen molar-refractivity contribution in [2.75, 3.05) is 0 Å². The third kappa shape index (κ3) is 19.8. The second-order valence-electron chi connectivity index (χ2n) is 9.50. The fourth-order valence-corrected chi connectivity index (χ4v) is 4.30. The summed E-state index contributed by atoms with van der Waals surface area (Å²) in [5.74, 6) is 0. The molecule has 0 aromatic carbocycles. The van der Waals surface area contributed by atoms with E-state index in [2.05, 4.69) is 19.0 Å². The second kappa shape index (κ2) is 24.0. The minimum absolute atomic E-state index is 0.159. The predicted molar refractivity (Wildman–Crippen MR) is 134 cm³/mol. The third-order valence-corrected chi connectivity index (χ3v) is 6.46. The van der Waals surface area contributed by atoms with E-state index < -0.39 is 12.2 Å². The van der Waals surface area contributed by atoms with E-state index in [0.29, 0.717) is 12.8 Å². The molecule has 0 rings (SSSR count). The van der Waals surface area contributed by atoms with Crippen molar-refractivity contribution >= 4 is 5.71 Å². The van der Waals surface area contributed by atoms with Crippen LogP contribution >= 0.6 is 0 Å². The molecule has 0 amide bonds. The van der Waals surface area contributed by atoms with Gasteiger partial charge in [-0.2, -0.15) is 0 Å². The van der Waals surface area contributed by atoms with Gasteiger partial charge in [-0.25, -0.2) is 0 Å². The minimum Gasteiger partial charge on any atom is -0.411 e. The Morgan fingerprint density at radius 2 is 0.742 bits per heavy atom. The lowest BCUT2D eigenvalue weighted by molar-refractivity contribution is 0.167. The standard InChI is InChI=1S/C27H55NO3/c1-3-5-7-9-11-13-15-17-19-21-23-25(29)27(28-31)26(30)24-22-20-18-16-14-12-10-8-6-4-2/h25-26,29-31H,3-24H2,1-2H3. The van der Waals surface area contributed by atoms with Crippen LogP contribution in [-0.4, -0.2) is 33.3 Å². The van der Waals surface area contributed by atoms with Gasteiger partial charge in [0.15, 0.2) is 0 Å². The van der Waals surface area contributed by atoms with E-state index in [9.17, 15) is 15.4 Å². The maximum atomic E-state index is 10.3. The molecule has 0 aliphatic rings. The van der Waals surface area contributed by atoms with E-state index in [1.165, 1.54) is 103 Å². The van der Waals surface area contributed by atoms with E-state index in [4.69, 9.17) is 0 Å². The van der Waals surface area contributed by atoms with Gasteiger partial charge in [0, 0.05) is 0 Å². The van der Waals surface area contributed by atoms with Crippen molar-refractivity contribution in [3.8, 4) is 0 Å². The number of hydrogen-bond acceptors (Lipinski definition) is 4. The van der Waals surface area contributed by atoms with Crippen molar-refractivity contribution < 1.29 is 15.4 Å². The summed E-state index contributed by atoms with van der Waals surface area (Å²) in [6, 6.07) is 0. The van der Waals surface area contributed by atoms with Crippen LogP contribution in [0.2, 0.25) is 0 Å². The summed E-state index contributed by atoms with van der Waals surface area (Å²) < 4.78 is 0. The van der Waals surface area contributed by atoms with Crippen LogP contribution in [0.5, 0.6) is 0 Å². The zero-order valence-electron chi connectivity index (χ0n) is 21.0. The molecular formula is C27H55NO3. The van der Waals surface area contributed by atoms with Gasteiger partial charge >= 0.3 is 0 Å². The number of hydrogen-bond donors (Lipinski definition) is 3. The molecule has 2 atom stereocenters. The van der Waals surface area contributed by atoms with Gasteiger partial charge in [0.1, 0.15) is 5.71 Å². The van der Waals surface area contributed by atoms with E-state index in [1.54, 1.807) is 0 Å². The molecule has 0 saturated carbocycles. The maximum absolute atomic E-state index is 10.3. The first kappa shape index (κ1) is 30.4. The van der Waals surface area contributed by atoms with Crippen molar-refractivity contribution in [2.24, 2.45) is 5.16 Å². The molecule has 0 fully saturated rings. The molecule has 2 unspecified atom stereocenters. The largest absolute Gasteiger partial charge is 0.411 e. The van der Waals surface area contributed by atoms with Gasteiger partial charge in [0.2, 0.25) is 0 Å². The van der Waals surface area contributed by atoms with E-state index in [-0.39, 0.29) is 5.71 Å². The van der Waals surface area contributed by atoms with Gasteiger partial charge in [-0.3, -0.25) is 0 Å². The lowest BCUT2D eigenvalue weighted by Crippen LogP contribution is -2.32. The number of oxime groups is 1. The van der Waals surface area contributed by atoms with Gasteiger partial charge in [-0.05, 0) is 12.8 Å². The summed E-state index contributed by atoms with van der Waals surface area (Å²) in [6.45, 7) is 4.50. The molecule has 0 aliphatic heterocycles. The summed E-state index contributed by atoms with van der Waals surface area (Å²) >= 11 is 0. The first-order chi connectivity index (χ1) is 15.2. The van der Waals surface area contributed by atoms with Gasteiger partial charge in [-0.15, -0.1) is 0 Å². The highest BCUT2D eigenvalue weighted by molar-refractivity contribution is 5.91. The molecule has 186 valence electrons. The molecule has 4 heteroatoms. The summed E-state index contributed by atoms with van der Waals surface area (Å²) in [5.41, 5.74) is 0.159. The van der Waals surface area contributed by atoms with Gasteiger partial charge < -0.3 is 15.4 Å². The van der Waals surface area contributed by atoms with Crippen molar-refractivity contribution in [1.29, 1.82) is 0 Å². The predicted octanol–water partition coefficient (Wildman–Crippen LogP) is 8.16. The first-order valence-corrected chi connectivity index (χ1v) is 13.7. The molecule has 0 aromatic heterocycles. The van der Waals surface area contributed by atoms with Crippen LogP contribution in [-0.2, 0) is 0 Å². The van der Waals surface area contributed by atoms with Crippen molar-refractivity contribution in [1.82, 2.24) is 0 Å². The maximum Gasteiger partial charge on any atom is 0.114 e. The molecule has 3 N–H and O–H groups in total. The average Bonchev–Trinajstić information content (AvgIpc) is 2.76. The quantitative estimate of drug-likeness (QED) is 0.0612. The monoisotopic (exact) mass is 441 g/mol. The lowest BCUT2D eigenvalue weighted by atomic mass is 9.98. The Kier molecular flexibility index (Phi) is 23.6. The Morgan fingerprint density at radius 1 is 0.484 bits per heavy atom. The molecular weight excluding hydrogens is 386 g/mol. The highest BCUT2D eigenvalue weighted by atomic mass is 16.4. The Morgan fingerprint density at radius 3 is 1.00 bits per heavy atom. The van der Waals surface area contributed by atoms with E-state index in [1.807, 2.05) is 0 Å². The number of rotatable bonds is 24. The van der Waals surface area contributed by atoms with Gasteiger partial charge in [0.05, 0.1) is 12.2 Å². The molecule has 31 heavy (non-hydrogen) atoms. The number of unbranched alkanes of at least 4 members (excludes halogenated alkanes) is 18. The molecule has 0 heterocycles.